The van der Waals surface area contributed by atoms with E-state index in [4.69, 9.17) is 0 Å². The monoisotopic (exact) mass is 262 g/mol. The van der Waals surface area contributed by atoms with Crippen molar-refractivity contribution in [2.75, 3.05) is 10.6 Å². The Hall–Kier alpha value is -2.88. The van der Waals surface area contributed by atoms with Crippen molar-refractivity contribution >= 4 is 23.1 Å². The van der Waals surface area contributed by atoms with E-state index in [9.17, 15) is 0 Å². The molecule has 0 saturated heterocycles. The van der Waals surface area contributed by atoms with Crippen LogP contribution < -0.4 is 10.6 Å². The van der Waals surface area contributed by atoms with Gasteiger partial charge in [0, 0.05) is 11.9 Å². The summed E-state index contributed by atoms with van der Waals surface area (Å²) >= 11 is 0. The average Bonchev–Trinajstić information content (AvgIpc) is 2.50. The predicted molar refractivity (Wildman–Crippen MR) is 81.5 cm³/mol. The molecule has 0 unspecified atom stereocenters. The fraction of sp³-hybridized carbons (Fsp3) is 0. The number of para-hydroxylation sites is 1. The summed E-state index contributed by atoms with van der Waals surface area (Å²) in [5.74, 6) is 2.32. The lowest BCUT2D eigenvalue weighted by Gasteiger charge is -2.08. The summed E-state index contributed by atoms with van der Waals surface area (Å²) in [7, 11) is 0. The lowest BCUT2D eigenvalue weighted by atomic mass is 10.3. The minimum absolute atomic E-state index is 0.754. The first kappa shape index (κ1) is 12.2. The molecule has 20 heavy (non-hydrogen) atoms. The Morgan fingerprint density at radius 1 is 0.600 bits per heavy atom. The molecule has 3 aromatic rings. The molecule has 0 spiro atoms. The molecule has 4 nitrogen and oxygen atoms in total. The molecule has 0 fully saturated rings. The number of nitrogens with zero attached hydrogens (tertiary/aromatic N) is 2. The first-order valence-electron chi connectivity index (χ1n) is 6.37. The van der Waals surface area contributed by atoms with E-state index >= 15 is 0 Å². The van der Waals surface area contributed by atoms with Crippen LogP contribution in [0.15, 0.2) is 72.9 Å². The van der Waals surface area contributed by atoms with Crippen LogP contribution in [-0.2, 0) is 0 Å². The van der Waals surface area contributed by atoms with Crippen molar-refractivity contribution in [3.8, 4) is 0 Å². The second kappa shape index (κ2) is 5.84. The number of rotatable bonds is 4. The molecule has 0 radical (unpaired) electrons. The minimum Gasteiger partial charge on any atom is -0.340 e. The van der Waals surface area contributed by atoms with Gasteiger partial charge in [0.25, 0.3) is 0 Å². The van der Waals surface area contributed by atoms with Crippen LogP contribution in [0.25, 0.3) is 0 Å². The maximum atomic E-state index is 4.50. The second-order valence-corrected chi connectivity index (χ2v) is 4.24. The zero-order chi connectivity index (χ0) is 13.6. The van der Waals surface area contributed by atoms with Crippen molar-refractivity contribution in [2.24, 2.45) is 0 Å². The first-order chi connectivity index (χ1) is 9.90. The number of aromatic nitrogens is 2. The van der Waals surface area contributed by atoms with Crippen molar-refractivity contribution in [2.45, 2.75) is 0 Å². The van der Waals surface area contributed by atoms with E-state index < -0.39 is 0 Å². The summed E-state index contributed by atoms with van der Waals surface area (Å²) < 4.78 is 0. The zero-order valence-corrected chi connectivity index (χ0v) is 10.8. The molecule has 0 saturated carbocycles. The van der Waals surface area contributed by atoms with E-state index in [1.54, 1.807) is 6.20 Å². The molecule has 3 rings (SSSR count). The summed E-state index contributed by atoms with van der Waals surface area (Å²) in [6, 6.07) is 21.5. The van der Waals surface area contributed by atoms with Crippen LogP contribution in [0.2, 0.25) is 0 Å². The predicted octanol–water partition coefficient (Wildman–Crippen LogP) is 3.96. The van der Waals surface area contributed by atoms with E-state index in [1.165, 1.54) is 0 Å². The van der Waals surface area contributed by atoms with Gasteiger partial charge < -0.3 is 10.6 Å². The summed E-state index contributed by atoms with van der Waals surface area (Å²) in [6.45, 7) is 0. The van der Waals surface area contributed by atoms with E-state index in [2.05, 4.69) is 20.6 Å². The maximum absolute atomic E-state index is 4.50. The lowest BCUT2D eigenvalue weighted by molar-refractivity contribution is 1.25. The molecule has 0 aliphatic rings. The van der Waals surface area contributed by atoms with Gasteiger partial charge in [0.1, 0.15) is 17.5 Å². The molecule has 2 heterocycles. The van der Waals surface area contributed by atoms with Gasteiger partial charge in [0.2, 0.25) is 0 Å². The van der Waals surface area contributed by atoms with Crippen LogP contribution in [-0.4, -0.2) is 9.97 Å². The van der Waals surface area contributed by atoms with Crippen LogP contribution in [0, 0.1) is 0 Å². The van der Waals surface area contributed by atoms with Gasteiger partial charge in [-0.15, -0.1) is 0 Å². The van der Waals surface area contributed by atoms with E-state index in [0.717, 1.165) is 23.1 Å². The molecule has 4 heteroatoms. The molecular formula is C16H14N4. The SMILES string of the molecule is c1ccc(Nc2cccc(Nc3ccccn3)n2)cc1. The van der Waals surface area contributed by atoms with Gasteiger partial charge >= 0.3 is 0 Å². The van der Waals surface area contributed by atoms with Gasteiger partial charge in [-0.3, -0.25) is 0 Å². The molecule has 98 valence electrons. The number of pyridine rings is 2. The topological polar surface area (TPSA) is 49.8 Å². The van der Waals surface area contributed by atoms with Crippen molar-refractivity contribution in [1.82, 2.24) is 9.97 Å². The summed E-state index contributed by atoms with van der Waals surface area (Å²) in [4.78, 5) is 8.72. The Balaban J connectivity index is 1.76. The Bertz CT molecular complexity index is 612. The highest BCUT2D eigenvalue weighted by molar-refractivity contribution is 5.60. The molecule has 0 aliphatic carbocycles. The number of hydrogen-bond donors (Lipinski definition) is 2. The highest BCUT2D eigenvalue weighted by atomic mass is 15.1. The first-order valence-corrected chi connectivity index (χ1v) is 6.37. The minimum atomic E-state index is 0.754. The van der Waals surface area contributed by atoms with Gasteiger partial charge in [0.05, 0.1) is 0 Å². The third kappa shape index (κ3) is 3.11. The molecule has 1 aromatic carbocycles. The fourth-order valence-electron chi connectivity index (χ4n) is 1.81. The van der Waals surface area contributed by atoms with Crippen LogP contribution >= 0.6 is 0 Å². The average molecular weight is 262 g/mol. The van der Waals surface area contributed by atoms with E-state index in [0.29, 0.717) is 0 Å². The van der Waals surface area contributed by atoms with E-state index in [-0.39, 0.29) is 0 Å². The second-order valence-electron chi connectivity index (χ2n) is 4.24. The van der Waals surface area contributed by atoms with Crippen molar-refractivity contribution in [3.63, 3.8) is 0 Å². The number of hydrogen-bond acceptors (Lipinski definition) is 4. The standard InChI is InChI=1S/C16H14N4/c1-2-7-13(8-3-1)18-15-10-6-11-16(20-15)19-14-9-4-5-12-17-14/h1-12H,(H2,17,18,19,20). The van der Waals surface area contributed by atoms with E-state index in [1.807, 2.05) is 66.7 Å². The third-order valence-corrected chi connectivity index (χ3v) is 2.72. The summed E-state index contributed by atoms with van der Waals surface area (Å²) in [5.41, 5.74) is 1.01. The molecule has 2 N–H and O–H groups in total. The lowest BCUT2D eigenvalue weighted by Crippen LogP contribution is -1.98. The van der Waals surface area contributed by atoms with Crippen LogP contribution in [0.4, 0.5) is 23.1 Å². The molecule has 0 bridgehead atoms. The van der Waals surface area contributed by atoms with Gasteiger partial charge in [0.15, 0.2) is 0 Å². The quantitative estimate of drug-likeness (QED) is 0.747. The van der Waals surface area contributed by atoms with Gasteiger partial charge in [-0.2, -0.15) is 0 Å². The largest absolute Gasteiger partial charge is 0.340 e. The maximum Gasteiger partial charge on any atom is 0.133 e. The zero-order valence-electron chi connectivity index (χ0n) is 10.8. The number of benzene rings is 1. The Morgan fingerprint density at radius 2 is 1.30 bits per heavy atom. The van der Waals surface area contributed by atoms with Crippen molar-refractivity contribution in [3.05, 3.63) is 72.9 Å². The summed E-state index contributed by atoms with van der Waals surface area (Å²) in [6.07, 6.45) is 1.74. The molecule has 0 amide bonds. The van der Waals surface area contributed by atoms with Crippen LogP contribution in [0.1, 0.15) is 0 Å². The van der Waals surface area contributed by atoms with Crippen molar-refractivity contribution < 1.29 is 0 Å². The van der Waals surface area contributed by atoms with Gasteiger partial charge in [-0.05, 0) is 36.4 Å². The highest BCUT2D eigenvalue weighted by Gasteiger charge is 1.99. The molecular weight excluding hydrogens is 248 g/mol. The molecule has 0 aliphatic heterocycles. The molecule has 0 atom stereocenters. The summed E-state index contributed by atoms with van der Waals surface area (Å²) in [5, 5.41) is 6.43. The smallest absolute Gasteiger partial charge is 0.133 e. The Labute approximate surface area is 117 Å². The molecule has 2 aromatic heterocycles. The van der Waals surface area contributed by atoms with Crippen LogP contribution in [0.3, 0.4) is 0 Å². The van der Waals surface area contributed by atoms with Gasteiger partial charge in [-0.1, -0.05) is 30.3 Å². The Morgan fingerprint density at radius 3 is 2.05 bits per heavy atom. The third-order valence-electron chi connectivity index (χ3n) is 2.72. The number of anilines is 4. The highest BCUT2D eigenvalue weighted by Crippen LogP contribution is 2.17. The van der Waals surface area contributed by atoms with Crippen LogP contribution in [0.5, 0.6) is 0 Å². The normalized spacial score (nSPS) is 10.0. The number of nitrogens with one attached hydrogen (secondary N) is 2. The fourth-order valence-corrected chi connectivity index (χ4v) is 1.81. The Kier molecular flexibility index (Phi) is 3.55. The van der Waals surface area contributed by atoms with Crippen molar-refractivity contribution in [1.29, 1.82) is 0 Å². The van der Waals surface area contributed by atoms with Gasteiger partial charge in [-0.25, -0.2) is 9.97 Å².